The lowest BCUT2D eigenvalue weighted by Crippen LogP contribution is -2.38. The molecule has 0 spiro atoms. The van der Waals surface area contributed by atoms with Crippen LogP contribution in [0.25, 0.3) is 0 Å². The molecule has 3 atom stereocenters. The van der Waals surface area contributed by atoms with Crippen molar-refractivity contribution in [3.63, 3.8) is 0 Å². The van der Waals surface area contributed by atoms with Crippen molar-refractivity contribution in [2.24, 2.45) is 23.7 Å². The molecule has 1 aliphatic heterocycles. The Morgan fingerprint density at radius 3 is 2.47 bits per heavy atom. The summed E-state index contributed by atoms with van der Waals surface area (Å²) in [5, 5.41) is 0. The van der Waals surface area contributed by atoms with Crippen LogP contribution in [0.3, 0.4) is 0 Å². The van der Waals surface area contributed by atoms with E-state index in [9.17, 15) is 4.79 Å². The molecule has 0 amide bonds. The monoisotopic (exact) mass is 268 g/mol. The van der Waals surface area contributed by atoms with Gasteiger partial charge in [-0.25, -0.2) is 0 Å². The molecule has 3 unspecified atom stereocenters. The molecule has 0 aromatic rings. The first-order valence-corrected chi connectivity index (χ1v) is 7.86. The Morgan fingerprint density at radius 2 is 1.84 bits per heavy atom. The van der Waals surface area contributed by atoms with Crippen LogP contribution in [-0.4, -0.2) is 25.3 Å². The van der Waals surface area contributed by atoms with E-state index in [2.05, 4.69) is 20.8 Å². The van der Waals surface area contributed by atoms with Crippen LogP contribution in [0.4, 0.5) is 0 Å². The molecule has 0 bridgehead atoms. The number of hydrogen-bond acceptors (Lipinski definition) is 3. The lowest BCUT2D eigenvalue weighted by atomic mass is 9.75. The maximum Gasteiger partial charge on any atom is 0.309 e. The minimum Gasteiger partial charge on any atom is -0.462 e. The van der Waals surface area contributed by atoms with Gasteiger partial charge in [0.1, 0.15) is 6.10 Å². The third kappa shape index (κ3) is 3.95. The topological polar surface area (TPSA) is 35.5 Å². The van der Waals surface area contributed by atoms with Gasteiger partial charge in [0.05, 0.1) is 5.92 Å². The minimum absolute atomic E-state index is 0.0213. The van der Waals surface area contributed by atoms with E-state index in [1.165, 1.54) is 12.8 Å². The van der Waals surface area contributed by atoms with Crippen LogP contribution in [0.2, 0.25) is 0 Å². The average Bonchev–Trinajstić information content (AvgIpc) is 2.39. The first-order chi connectivity index (χ1) is 9.08. The summed E-state index contributed by atoms with van der Waals surface area (Å²) < 4.78 is 11.2. The maximum absolute atomic E-state index is 12.3. The van der Waals surface area contributed by atoms with E-state index in [1.807, 2.05) is 0 Å². The zero-order chi connectivity index (χ0) is 13.8. The zero-order valence-corrected chi connectivity index (χ0v) is 12.6. The Hall–Kier alpha value is -0.570. The highest BCUT2D eigenvalue weighted by Crippen LogP contribution is 2.36. The van der Waals surface area contributed by atoms with Gasteiger partial charge in [-0.15, -0.1) is 0 Å². The standard InChI is InChI=1S/C16H28O3/c1-11(2)14-5-4-12(3)10-15(14)19-16(17)13-6-8-18-9-7-13/h11-15H,4-10H2,1-3H3. The molecular formula is C16H28O3. The van der Waals surface area contributed by atoms with E-state index >= 15 is 0 Å². The van der Waals surface area contributed by atoms with Crippen molar-refractivity contribution in [3.05, 3.63) is 0 Å². The Balaban J connectivity index is 1.92. The SMILES string of the molecule is CC1CCC(C(C)C)C(OC(=O)C2CCOCC2)C1. The molecule has 3 nitrogen and oxygen atoms in total. The van der Waals surface area contributed by atoms with E-state index in [1.54, 1.807) is 0 Å². The highest BCUT2D eigenvalue weighted by atomic mass is 16.5. The van der Waals surface area contributed by atoms with Gasteiger partial charge in [0.2, 0.25) is 0 Å². The van der Waals surface area contributed by atoms with Crippen molar-refractivity contribution >= 4 is 5.97 Å². The van der Waals surface area contributed by atoms with Crippen LogP contribution in [0, 0.1) is 23.7 Å². The largest absolute Gasteiger partial charge is 0.462 e. The lowest BCUT2D eigenvalue weighted by molar-refractivity contribution is -0.164. The fourth-order valence-electron chi connectivity index (χ4n) is 3.43. The van der Waals surface area contributed by atoms with Crippen LogP contribution in [0.5, 0.6) is 0 Å². The molecule has 1 aliphatic carbocycles. The van der Waals surface area contributed by atoms with Gasteiger partial charge < -0.3 is 9.47 Å². The summed E-state index contributed by atoms with van der Waals surface area (Å²) in [6.07, 6.45) is 5.30. The number of ether oxygens (including phenoxy) is 2. The molecule has 2 fully saturated rings. The highest BCUT2D eigenvalue weighted by Gasteiger charge is 2.35. The zero-order valence-electron chi connectivity index (χ0n) is 12.6. The fraction of sp³-hybridized carbons (Fsp3) is 0.938. The van der Waals surface area contributed by atoms with Crippen molar-refractivity contribution in [2.75, 3.05) is 13.2 Å². The Morgan fingerprint density at radius 1 is 1.16 bits per heavy atom. The highest BCUT2D eigenvalue weighted by molar-refractivity contribution is 5.72. The first-order valence-electron chi connectivity index (χ1n) is 7.86. The predicted octanol–water partition coefficient (Wildman–Crippen LogP) is 3.42. The number of carbonyl (C=O) groups is 1. The van der Waals surface area contributed by atoms with Crippen molar-refractivity contribution in [1.82, 2.24) is 0 Å². The van der Waals surface area contributed by atoms with E-state index in [-0.39, 0.29) is 18.0 Å². The average molecular weight is 268 g/mol. The van der Waals surface area contributed by atoms with Crippen LogP contribution in [-0.2, 0) is 14.3 Å². The fourth-order valence-corrected chi connectivity index (χ4v) is 3.43. The van der Waals surface area contributed by atoms with Crippen LogP contribution >= 0.6 is 0 Å². The molecule has 0 aromatic heterocycles. The first kappa shape index (κ1) is 14.8. The number of rotatable bonds is 3. The maximum atomic E-state index is 12.3. The summed E-state index contributed by atoms with van der Waals surface area (Å²) in [5.74, 6) is 1.91. The van der Waals surface area contributed by atoms with Gasteiger partial charge in [0.25, 0.3) is 0 Å². The molecule has 19 heavy (non-hydrogen) atoms. The summed E-state index contributed by atoms with van der Waals surface area (Å²) in [6, 6.07) is 0. The quantitative estimate of drug-likeness (QED) is 0.736. The molecule has 1 saturated carbocycles. The van der Waals surface area contributed by atoms with Gasteiger partial charge in [-0.3, -0.25) is 4.79 Å². The van der Waals surface area contributed by atoms with Gasteiger partial charge in [-0.2, -0.15) is 0 Å². The van der Waals surface area contributed by atoms with Crippen molar-refractivity contribution in [1.29, 1.82) is 0 Å². The van der Waals surface area contributed by atoms with Gasteiger partial charge >= 0.3 is 5.97 Å². The van der Waals surface area contributed by atoms with Crippen LogP contribution in [0.1, 0.15) is 52.9 Å². The van der Waals surface area contributed by atoms with Gasteiger partial charge in [-0.1, -0.05) is 27.2 Å². The second-order valence-electron chi connectivity index (χ2n) is 6.69. The van der Waals surface area contributed by atoms with Crippen molar-refractivity contribution < 1.29 is 14.3 Å². The van der Waals surface area contributed by atoms with Crippen LogP contribution in [0.15, 0.2) is 0 Å². The molecular weight excluding hydrogens is 240 g/mol. The minimum atomic E-state index is 0.0213. The summed E-state index contributed by atoms with van der Waals surface area (Å²) in [5.41, 5.74) is 0. The normalized spacial score (nSPS) is 33.4. The molecule has 0 radical (unpaired) electrons. The smallest absolute Gasteiger partial charge is 0.309 e. The predicted molar refractivity (Wildman–Crippen MR) is 74.8 cm³/mol. The number of esters is 1. The Labute approximate surface area is 117 Å². The molecule has 1 saturated heterocycles. The molecule has 3 heteroatoms. The van der Waals surface area contributed by atoms with Crippen molar-refractivity contribution in [2.45, 2.75) is 59.0 Å². The third-order valence-corrected chi connectivity index (χ3v) is 4.78. The summed E-state index contributed by atoms with van der Waals surface area (Å²) in [6.45, 7) is 8.17. The van der Waals surface area contributed by atoms with E-state index in [0.717, 1.165) is 19.3 Å². The van der Waals surface area contributed by atoms with Crippen LogP contribution < -0.4 is 0 Å². The summed E-state index contributed by atoms with van der Waals surface area (Å²) in [4.78, 5) is 12.3. The number of carbonyl (C=O) groups excluding carboxylic acids is 1. The Kier molecular flexibility index (Phi) is 5.26. The lowest BCUT2D eigenvalue weighted by Gasteiger charge is -2.37. The molecule has 0 aromatic carbocycles. The van der Waals surface area contributed by atoms with E-state index in [0.29, 0.717) is 31.0 Å². The van der Waals surface area contributed by atoms with Crippen molar-refractivity contribution in [3.8, 4) is 0 Å². The third-order valence-electron chi connectivity index (χ3n) is 4.78. The summed E-state index contributed by atoms with van der Waals surface area (Å²) >= 11 is 0. The molecule has 2 rings (SSSR count). The molecule has 0 N–H and O–H groups in total. The summed E-state index contributed by atoms with van der Waals surface area (Å²) in [7, 11) is 0. The molecule has 2 aliphatic rings. The van der Waals surface area contributed by atoms with E-state index in [4.69, 9.17) is 9.47 Å². The molecule has 1 heterocycles. The van der Waals surface area contributed by atoms with Gasteiger partial charge in [-0.05, 0) is 43.4 Å². The van der Waals surface area contributed by atoms with E-state index < -0.39 is 0 Å². The van der Waals surface area contributed by atoms with Gasteiger partial charge in [0.15, 0.2) is 0 Å². The number of hydrogen-bond donors (Lipinski definition) is 0. The Bertz CT molecular complexity index is 294. The van der Waals surface area contributed by atoms with Gasteiger partial charge in [0, 0.05) is 13.2 Å². The molecule has 110 valence electrons. The second kappa shape index (κ2) is 6.74. The second-order valence-corrected chi connectivity index (χ2v) is 6.69.